The molecule has 104 valence electrons. The summed E-state index contributed by atoms with van der Waals surface area (Å²) in [6, 6.07) is 7.98. The summed E-state index contributed by atoms with van der Waals surface area (Å²) in [5, 5.41) is 5.87. The van der Waals surface area contributed by atoms with Crippen LogP contribution in [0.3, 0.4) is 0 Å². The molecule has 0 saturated heterocycles. The second-order valence-electron chi connectivity index (χ2n) is 4.38. The molecular weight excluding hydrogens is 240 g/mol. The highest BCUT2D eigenvalue weighted by Gasteiger charge is 2.14. The van der Waals surface area contributed by atoms with Gasteiger partial charge in [0.1, 0.15) is 5.75 Å². The van der Waals surface area contributed by atoms with Crippen LogP contribution in [0.25, 0.3) is 0 Å². The third kappa shape index (κ3) is 4.75. The van der Waals surface area contributed by atoms with Crippen LogP contribution in [0.4, 0.5) is 0 Å². The molecule has 2 unspecified atom stereocenters. The Morgan fingerprint density at radius 2 is 2.21 bits per heavy atom. The second kappa shape index (κ2) is 7.59. The molecule has 1 aromatic carbocycles. The lowest BCUT2D eigenvalue weighted by Gasteiger charge is -2.16. The number of hydrogen-bond donors (Lipinski definition) is 2. The van der Waals surface area contributed by atoms with E-state index < -0.39 is 6.10 Å². The molecule has 1 aromatic rings. The number of nitrogens with one attached hydrogen (secondary N) is 2. The van der Waals surface area contributed by atoms with Crippen molar-refractivity contribution in [2.75, 3.05) is 13.6 Å². The number of carbonyl (C=O) groups is 1. The minimum Gasteiger partial charge on any atom is -0.481 e. The third-order valence-electron chi connectivity index (χ3n) is 2.89. The maximum Gasteiger partial charge on any atom is 0.261 e. The molecule has 4 nitrogen and oxygen atoms in total. The number of ether oxygens (including phenoxy) is 1. The van der Waals surface area contributed by atoms with E-state index in [4.69, 9.17) is 4.74 Å². The fourth-order valence-corrected chi connectivity index (χ4v) is 1.60. The van der Waals surface area contributed by atoms with Crippen LogP contribution in [0.5, 0.6) is 5.75 Å². The first-order valence-electron chi connectivity index (χ1n) is 6.41. The van der Waals surface area contributed by atoms with Gasteiger partial charge in [0.05, 0.1) is 0 Å². The van der Waals surface area contributed by atoms with Crippen LogP contribution >= 0.6 is 0 Å². The minimum absolute atomic E-state index is 0.146. The van der Waals surface area contributed by atoms with Gasteiger partial charge in [-0.3, -0.25) is 4.79 Å². The topological polar surface area (TPSA) is 50.4 Å². The monoisotopic (exact) mass is 262 g/mol. The normalized spacial score (nSPS) is 13.4. The highest BCUT2D eigenvalue weighted by molar-refractivity contribution is 5.80. The molecule has 0 saturated carbocycles. The molecular formula is C15H22N2O2. The average Bonchev–Trinajstić information content (AvgIpc) is 2.44. The quantitative estimate of drug-likeness (QED) is 0.739. The van der Waals surface area contributed by atoms with Gasteiger partial charge in [-0.1, -0.05) is 18.2 Å². The summed E-state index contributed by atoms with van der Waals surface area (Å²) in [5.41, 5.74) is 1.12. The molecule has 0 aromatic heterocycles. The summed E-state index contributed by atoms with van der Waals surface area (Å²) in [4.78, 5) is 11.7. The fourth-order valence-electron chi connectivity index (χ4n) is 1.60. The van der Waals surface area contributed by atoms with Crippen LogP contribution < -0.4 is 15.4 Å². The summed E-state index contributed by atoms with van der Waals surface area (Å²) >= 11 is 0. The molecule has 2 atom stereocenters. The largest absolute Gasteiger partial charge is 0.481 e. The van der Waals surface area contributed by atoms with Gasteiger partial charge in [-0.05, 0) is 38.6 Å². The highest BCUT2D eigenvalue weighted by atomic mass is 16.5. The van der Waals surface area contributed by atoms with E-state index in [1.807, 2.05) is 31.3 Å². The highest BCUT2D eigenvalue weighted by Crippen LogP contribution is 2.19. The maximum atomic E-state index is 11.7. The van der Waals surface area contributed by atoms with Gasteiger partial charge in [0, 0.05) is 12.6 Å². The zero-order chi connectivity index (χ0) is 14.3. The lowest BCUT2D eigenvalue weighted by molar-refractivity contribution is -0.127. The van der Waals surface area contributed by atoms with Crippen molar-refractivity contribution < 1.29 is 9.53 Å². The Balaban J connectivity index is 2.66. The molecule has 0 fully saturated rings. The van der Waals surface area contributed by atoms with Crippen LogP contribution in [-0.4, -0.2) is 25.6 Å². The first-order chi connectivity index (χ1) is 9.08. The number of rotatable bonds is 7. The predicted molar refractivity (Wildman–Crippen MR) is 77.2 cm³/mol. The molecule has 0 aliphatic rings. The maximum absolute atomic E-state index is 11.7. The Labute approximate surface area is 114 Å². The standard InChI is InChI=1S/C15H22N2O2/c1-5-9-17-15(18)12(3)19-14-8-6-7-13(10-14)11(2)16-4/h5-8,10-12,16H,1,9H2,2-4H3,(H,17,18). The summed E-state index contributed by atoms with van der Waals surface area (Å²) < 4.78 is 5.63. The van der Waals surface area contributed by atoms with Crippen LogP contribution in [0.2, 0.25) is 0 Å². The Morgan fingerprint density at radius 3 is 2.84 bits per heavy atom. The van der Waals surface area contributed by atoms with Crippen molar-refractivity contribution in [2.24, 2.45) is 0 Å². The summed E-state index contributed by atoms with van der Waals surface area (Å²) in [7, 11) is 1.91. The number of benzene rings is 1. The molecule has 0 aliphatic carbocycles. The van der Waals surface area contributed by atoms with Gasteiger partial charge >= 0.3 is 0 Å². The molecule has 2 N–H and O–H groups in total. The molecule has 0 bridgehead atoms. The van der Waals surface area contributed by atoms with Crippen LogP contribution in [-0.2, 0) is 4.79 Å². The molecule has 1 amide bonds. The summed E-state index contributed by atoms with van der Waals surface area (Å²) in [6.45, 7) is 7.80. The SMILES string of the molecule is C=CCNC(=O)C(C)Oc1cccc(C(C)NC)c1. The van der Waals surface area contributed by atoms with Crippen molar-refractivity contribution in [3.63, 3.8) is 0 Å². The van der Waals surface area contributed by atoms with Crippen LogP contribution in [0.1, 0.15) is 25.5 Å². The van der Waals surface area contributed by atoms with E-state index in [1.165, 1.54) is 0 Å². The van der Waals surface area contributed by atoms with E-state index in [2.05, 4.69) is 24.1 Å². The summed E-state index contributed by atoms with van der Waals surface area (Å²) in [6.07, 6.45) is 1.11. The van der Waals surface area contributed by atoms with Crippen molar-refractivity contribution in [1.82, 2.24) is 10.6 Å². The summed E-state index contributed by atoms with van der Waals surface area (Å²) in [5.74, 6) is 0.549. The Hall–Kier alpha value is -1.81. The first kappa shape index (κ1) is 15.2. The molecule has 0 aliphatic heterocycles. The number of hydrogen-bond acceptors (Lipinski definition) is 3. The van der Waals surface area contributed by atoms with Crippen LogP contribution in [0, 0.1) is 0 Å². The van der Waals surface area contributed by atoms with Gasteiger partial charge in [-0.15, -0.1) is 6.58 Å². The van der Waals surface area contributed by atoms with Crippen molar-refractivity contribution in [3.05, 3.63) is 42.5 Å². The molecule has 4 heteroatoms. The predicted octanol–water partition coefficient (Wildman–Crippen LogP) is 2.04. The van der Waals surface area contributed by atoms with Gasteiger partial charge < -0.3 is 15.4 Å². The van der Waals surface area contributed by atoms with E-state index in [0.29, 0.717) is 12.3 Å². The fraction of sp³-hybridized carbons (Fsp3) is 0.400. The van der Waals surface area contributed by atoms with E-state index in [1.54, 1.807) is 13.0 Å². The van der Waals surface area contributed by atoms with Gasteiger partial charge in [0.2, 0.25) is 0 Å². The third-order valence-corrected chi connectivity index (χ3v) is 2.89. The van der Waals surface area contributed by atoms with E-state index in [9.17, 15) is 4.79 Å². The van der Waals surface area contributed by atoms with Crippen molar-refractivity contribution >= 4 is 5.91 Å². The van der Waals surface area contributed by atoms with E-state index >= 15 is 0 Å². The second-order valence-corrected chi connectivity index (χ2v) is 4.38. The van der Waals surface area contributed by atoms with Gasteiger partial charge in [0.25, 0.3) is 5.91 Å². The molecule has 0 heterocycles. The molecule has 1 rings (SSSR count). The van der Waals surface area contributed by atoms with Gasteiger partial charge in [-0.2, -0.15) is 0 Å². The first-order valence-corrected chi connectivity index (χ1v) is 6.41. The van der Waals surface area contributed by atoms with Crippen molar-refractivity contribution in [3.8, 4) is 5.75 Å². The van der Waals surface area contributed by atoms with Gasteiger partial charge in [0.15, 0.2) is 6.10 Å². The molecule has 0 radical (unpaired) electrons. The lowest BCUT2D eigenvalue weighted by Crippen LogP contribution is -2.36. The lowest BCUT2D eigenvalue weighted by atomic mass is 10.1. The van der Waals surface area contributed by atoms with E-state index in [0.717, 1.165) is 5.56 Å². The Morgan fingerprint density at radius 1 is 1.47 bits per heavy atom. The van der Waals surface area contributed by atoms with Crippen molar-refractivity contribution in [2.45, 2.75) is 26.0 Å². The molecule has 19 heavy (non-hydrogen) atoms. The average molecular weight is 262 g/mol. The minimum atomic E-state index is -0.528. The van der Waals surface area contributed by atoms with Crippen molar-refractivity contribution in [1.29, 1.82) is 0 Å². The van der Waals surface area contributed by atoms with Crippen LogP contribution in [0.15, 0.2) is 36.9 Å². The molecule has 0 spiro atoms. The number of amides is 1. The number of carbonyl (C=O) groups excluding carboxylic acids is 1. The van der Waals surface area contributed by atoms with E-state index in [-0.39, 0.29) is 11.9 Å². The Bertz CT molecular complexity index is 432. The zero-order valence-corrected chi connectivity index (χ0v) is 11.8. The smallest absolute Gasteiger partial charge is 0.261 e. The Kier molecular flexibility index (Phi) is 6.09. The van der Waals surface area contributed by atoms with Gasteiger partial charge in [-0.25, -0.2) is 0 Å². The zero-order valence-electron chi connectivity index (χ0n) is 11.8.